The molecular formula is C14H28N2O. The number of carbonyl (C=O) groups is 1. The van der Waals surface area contributed by atoms with Crippen molar-refractivity contribution in [1.82, 2.24) is 4.90 Å². The number of nitrogens with two attached hydrogens (primary N) is 1. The van der Waals surface area contributed by atoms with Crippen LogP contribution < -0.4 is 5.73 Å². The molecule has 100 valence electrons. The van der Waals surface area contributed by atoms with Gasteiger partial charge in [-0.1, -0.05) is 39.5 Å². The van der Waals surface area contributed by atoms with Gasteiger partial charge in [0.15, 0.2) is 0 Å². The second-order valence-corrected chi connectivity index (χ2v) is 5.67. The average molecular weight is 240 g/mol. The minimum atomic E-state index is -0.232. The van der Waals surface area contributed by atoms with Crippen molar-refractivity contribution in [3.8, 4) is 0 Å². The molecule has 0 bridgehead atoms. The second-order valence-electron chi connectivity index (χ2n) is 5.67. The number of carbonyl (C=O) groups excluding carboxylic acids is 1. The summed E-state index contributed by atoms with van der Waals surface area (Å²) >= 11 is 0. The summed E-state index contributed by atoms with van der Waals surface area (Å²) < 4.78 is 0. The van der Waals surface area contributed by atoms with Gasteiger partial charge in [0.25, 0.3) is 0 Å². The molecule has 3 nitrogen and oxygen atoms in total. The Morgan fingerprint density at radius 1 is 1.29 bits per heavy atom. The first-order valence-electron chi connectivity index (χ1n) is 7.15. The molecule has 17 heavy (non-hydrogen) atoms. The SMILES string of the molecule is CC(C)CCCCCCN1CCCC(N)C1=O. The highest BCUT2D eigenvalue weighted by Crippen LogP contribution is 2.13. The minimum absolute atomic E-state index is 0.165. The van der Waals surface area contributed by atoms with Gasteiger partial charge in [0, 0.05) is 13.1 Å². The Bertz CT molecular complexity index is 228. The summed E-state index contributed by atoms with van der Waals surface area (Å²) in [6.07, 6.45) is 8.26. The predicted molar refractivity (Wildman–Crippen MR) is 71.7 cm³/mol. The summed E-state index contributed by atoms with van der Waals surface area (Å²) in [5, 5.41) is 0. The largest absolute Gasteiger partial charge is 0.341 e. The van der Waals surface area contributed by atoms with Gasteiger partial charge >= 0.3 is 0 Å². The second kappa shape index (κ2) is 7.70. The standard InChI is InChI=1S/C14H28N2O/c1-12(2)8-5-3-4-6-10-16-11-7-9-13(15)14(16)17/h12-13H,3-11,15H2,1-2H3. The highest BCUT2D eigenvalue weighted by atomic mass is 16.2. The van der Waals surface area contributed by atoms with E-state index in [0.717, 1.165) is 38.3 Å². The fourth-order valence-corrected chi connectivity index (χ4v) is 2.40. The highest BCUT2D eigenvalue weighted by Gasteiger charge is 2.24. The molecule has 1 saturated heterocycles. The minimum Gasteiger partial charge on any atom is -0.341 e. The maximum Gasteiger partial charge on any atom is 0.239 e. The van der Waals surface area contributed by atoms with Gasteiger partial charge in [0.1, 0.15) is 0 Å². The highest BCUT2D eigenvalue weighted by molar-refractivity contribution is 5.82. The first-order valence-corrected chi connectivity index (χ1v) is 7.15. The van der Waals surface area contributed by atoms with Crippen LogP contribution in [-0.2, 0) is 4.79 Å². The Morgan fingerprint density at radius 3 is 2.71 bits per heavy atom. The maximum absolute atomic E-state index is 11.7. The molecule has 1 rings (SSSR count). The van der Waals surface area contributed by atoms with Crippen molar-refractivity contribution in [3.05, 3.63) is 0 Å². The van der Waals surface area contributed by atoms with Crippen LogP contribution in [0.3, 0.4) is 0 Å². The Balaban J connectivity index is 2.04. The number of unbranched alkanes of at least 4 members (excludes halogenated alkanes) is 3. The molecular weight excluding hydrogens is 212 g/mol. The van der Waals surface area contributed by atoms with Crippen molar-refractivity contribution in [2.45, 2.75) is 64.8 Å². The third-order valence-corrected chi connectivity index (χ3v) is 3.53. The van der Waals surface area contributed by atoms with Crippen LogP contribution in [0.1, 0.15) is 58.8 Å². The number of hydrogen-bond donors (Lipinski definition) is 1. The smallest absolute Gasteiger partial charge is 0.239 e. The Hall–Kier alpha value is -0.570. The Labute approximate surface area is 106 Å². The number of piperidine rings is 1. The van der Waals surface area contributed by atoms with E-state index >= 15 is 0 Å². The summed E-state index contributed by atoms with van der Waals surface area (Å²) in [5.41, 5.74) is 5.76. The Kier molecular flexibility index (Phi) is 6.56. The van der Waals surface area contributed by atoms with E-state index in [1.807, 2.05) is 4.90 Å². The summed E-state index contributed by atoms with van der Waals surface area (Å²) in [5.74, 6) is 0.982. The van der Waals surface area contributed by atoms with Crippen LogP contribution in [0, 0.1) is 5.92 Å². The van der Waals surface area contributed by atoms with Gasteiger partial charge < -0.3 is 10.6 Å². The normalized spacial score (nSPS) is 21.3. The van der Waals surface area contributed by atoms with Gasteiger partial charge in [-0.3, -0.25) is 4.79 Å². The molecule has 0 aliphatic carbocycles. The first-order chi connectivity index (χ1) is 8.11. The molecule has 1 atom stereocenters. The number of rotatable bonds is 7. The van der Waals surface area contributed by atoms with Gasteiger partial charge in [-0.15, -0.1) is 0 Å². The fraction of sp³-hybridized carbons (Fsp3) is 0.929. The van der Waals surface area contributed by atoms with Crippen molar-refractivity contribution in [2.75, 3.05) is 13.1 Å². The van der Waals surface area contributed by atoms with E-state index in [9.17, 15) is 4.79 Å². The van der Waals surface area contributed by atoms with E-state index in [0.29, 0.717) is 0 Å². The molecule has 1 aliphatic rings. The number of likely N-dealkylation sites (tertiary alicyclic amines) is 1. The summed E-state index contributed by atoms with van der Waals surface area (Å²) in [6.45, 7) is 6.37. The third kappa shape index (κ3) is 5.53. The number of amides is 1. The monoisotopic (exact) mass is 240 g/mol. The summed E-state index contributed by atoms with van der Waals surface area (Å²) in [7, 11) is 0. The fourth-order valence-electron chi connectivity index (χ4n) is 2.40. The van der Waals surface area contributed by atoms with Crippen LogP contribution in [0.15, 0.2) is 0 Å². The molecule has 0 aromatic rings. The lowest BCUT2D eigenvalue weighted by Gasteiger charge is -2.30. The van der Waals surface area contributed by atoms with Crippen molar-refractivity contribution < 1.29 is 4.79 Å². The van der Waals surface area contributed by atoms with Crippen LogP contribution in [0.5, 0.6) is 0 Å². The molecule has 1 aliphatic heterocycles. The molecule has 2 N–H and O–H groups in total. The van der Waals surface area contributed by atoms with Crippen LogP contribution in [0.25, 0.3) is 0 Å². The average Bonchev–Trinajstić information content (AvgIpc) is 2.28. The zero-order valence-electron chi connectivity index (χ0n) is 11.5. The Morgan fingerprint density at radius 2 is 2.00 bits per heavy atom. The summed E-state index contributed by atoms with van der Waals surface area (Å²) in [4.78, 5) is 13.7. The quantitative estimate of drug-likeness (QED) is 0.695. The van der Waals surface area contributed by atoms with E-state index in [1.54, 1.807) is 0 Å². The van der Waals surface area contributed by atoms with Crippen molar-refractivity contribution >= 4 is 5.91 Å². The first kappa shape index (κ1) is 14.5. The van der Waals surface area contributed by atoms with Crippen LogP contribution in [0.4, 0.5) is 0 Å². The number of hydrogen-bond acceptors (Lipinski definition) is 2. The lowest BCUT2D eigenvalue weighted by Crippen LogP contribution is -2.48. The van der Waals surface area contributed by atoms with Crippen molar-refractivity contribution in [3.63, 3.8) is 0 Å². The topological polar surface area (TPSA) is 46.3 Å². The van der Waals surface area contributed by atoms with E-state index in [2.05, 4.69) is 13.8 Å². The van der Waals surface area contributed by atoms with E-state index in [1.165, 1.54) is 25.7 Å². The van der Waals surface area contributed by atoms with Crippen molar-refractivity contribution in [1.29, 1.82) is 0 Å². The predicted octanol–water partition coefficient (Wildman–Crippen LogP) is 2.54. The van der Waals surface area contributed by atoms with Gasteiger partial charge in [0.05, 0.1) is 6.04 Å². The molecule has 0 aromatic carbocycles. The number of nitrogens with zero attached hydrogens (tertiary/aromatic N) is 1. The van der Waals surface area contributed by atoms with Crippen molar-refractivity contribution in [2.24, 2.45) is 11.7 Å². The molecule has 0 saturated carbocycles. The van der Waals surface area contributed by atoms with E-state index < -0.39 is 0 Å². The van der Waals surface area contributed by atoms with Gasteiger partial charge in [-0.2, -0.15) is 0 Å². The van der Waals surface area contributed by atoms with E-state index in [4.69, 9.17) is 5.73 Å². The molecule has 0 spiro atoms. The zero-order chi connectivity index (χ0) is 12.7. The van der Waals surface area contributed by atoms with Gasteiger partial charge in [-0.25, -0.2) is 0 Å². The molecule has 0 aromatic heterocycles. The molecule has 1 fully saturated rings. The molecule has 1 heterocycles. The van der Waals surface area contributed by atoms with Gasteiger partial charge in [-0.05, 0) is 25.2 Å². The zero-order valence-corrected chi connectivity index (χ0v) is 11.5. The lowest BCUT2D eigenvalue weighted by atomic mass is 10.0. The molecule has 0 radical (unpaired) electrons. The molecule has 3 heteroatoms. The molecule has 1 amide bonds. The third-order valence-electron chi connectivity index (χ3n) is 3.53. The van der Waals surface area contributed by atoms with Crippen LogP contribution >= 0.6 is 0 Å². The molecule has 1 unspecified atom stereocenters. The van der Waals surface area contributed by atoms with Crippen LogP contribution in [-0.4, -0.2) is 29.9 Å². The van der Waals surface area contributed by atoms with Crippen LogP contribution in [0.2, 0.25) is 0 Å². The maximum atomic E-state index is 11.7. The van der Waals surface area contributed by atoms with E-state index in [-0.39, 0.29) is 11.9 Å². The van der Waals surface area contributed by atoms with Gasteiger partial charge in [0.2, 0.25) is 5.91 Å². The lowest BCUT2D eigenvalue weighted by molar-refractivity contribution is -0.134. The summed E-state index contributed by atoms with van der Waals surface area (Å²) in [6, 6.07) is -0.232.